The van der Waals surface area contributed by atoms with Crippen LogP contribution >= 0.6 is 7.60 Å². The molecule has 15 heavy (non-hydrogen) atoms. The van der Waals surface area contributed by atoms with E-state index in [-0.39, 0.29) is 0 Å². The molecular formula is C11H25O3P. The van der Waals surface area contributed by atoms with Crippen LogP contribution in [0, 0.1) is 0 Å². The van der Waals surface area contributed by atoms with Gasteiger partial charge < -0.3 is 9.05 Å². The van der Waals surface area contributed by atoms with E-state index in [9.17, 15) is 4.57 Å². The van der Waals surface area contributed by atoms with E-state index < -0.39 is 7.60 Å². The maximum atomic E-state index is 11.6. The minimum absolute atomic E-state index is 0.549. The van der Waals surface area contributed by atoms with Crippen molar-refractivity contribution >= 4 is 7.60 Å². The molecule has 92 valence electrons. The molecular weight excluding hydrogens is 211 g/mol. The SMILES string of the molecule is CCCCCCCCCP(=O)(OC)OC. The molecule has 0 atom stereocenters. The summed E-state index contributed by atoms with van der Waals surface area (Å²) in [7, 11) is 0.157. The molecule has 4 heteroatoms. The Balaban J connectivity index is 3.34. The Kier molecular flexibility index (Phi) is 9.48. The molecule has 0 aromatic rings. The fourth-order valence-corrected chi connectivity index (χ4v) is 2.64. The van der Waals surface area contributed by atoms with Crippen molar-refractivity contribution in [3.63, 3.8) is 0 Å². The van der Waals surface area contributed by atoms with Crippen LogP contribution in [-0.4, -0.2) is 20.4 Å². The van der Waals surface area contributed by atoms with Gasteiger partial charge in [-0.25, -0.2) is 0 Å². The molecule has 0 spiro atoms. The fourth-order valence-electron chi connectivity index (χ4n) is 1.52. The smallest absolute Gasteiger partial charge is 0.312 e. The third-order valence-corrected chi connectivity index (χ3v) is 4.57. The lowest BCUT2D eigenvalue weighted by atomic mass is 10.1. The lowest BCUT2D eigenvalue weighted by molar-refractivity contribution is 0.275. The molecule has 0 aliphatic heterocycles. The van der Waals surface area contributed by atoms with E-state index >= 15 is 0 Å². The molecule has 0 N–H and O–H groups in total. The molecule has 0 fully saturated rings. The van der Waals surface area contributed by atoms with Gasteiger partial charge in [-0.05, 0) is 6.42 Å². The molecule has 0 rings (SSSR count). The van der Waals surface area contributed by atoms with Crippen molar-refractivity contribution in [1.29, 1.82) is 0 Å². The summed E-state index contributed by atoms with van der Waals surface area (Å²) in [5.41, 5.74) is 0. The second kappa shape index (κ2) is 9.38. The van der Waals surface area contributed by atoms with Crippen LogP contribution in [-0.2, 0) is 13.6 Å². The largest absolute Gasteiger partial charge is 0.330 e. The number of hydrogen-bond donors (Lipinski definition) is 0. The van der Waals surface area contributed by atoms with E-state index in [4.69, 9.17) is 9.05 Å². The summed E-state index contributed by atoms with van der Waals surface area (Å²) in [6, 6.07) is 0. The van der Waals surface area contributed by atoms with Crippen LogP contribution in [0.2, 0.25) is 0 Å². The molecule has 0 aliphatic rings. The van der Waals surface area contributed by atoms with Gasteiger partial charge in [-0.2, -0.15) is 0 Å². The third kappa shape index (κ3) is 8.01. The van der Waals surface area contributed by atoms with E-state index in [1.54, 1.807) is 0 Å². The van der Waals surface area contributed by atoms with Gasteiger partial charge in [-0.3, -0.25) is 4.57 Å². The Morgan fingerprint density at radius 1 is 0.867 bits per heavy atom. The number of rotatable bonds is 10. The minimum Gasteiger partial charge on any atom is -0.312 e. The summed E-state index contributed by atoms with van der Waals surface area (Å²) in [4.78, 5) is 0. The first-order chi connectivity index (χ1) is 7.18. The highest BCUT2D eigenvalue weighted by atomic mass is 31.2. The monoisotopic (exact) mass is 236 g/mol. The Labute approximate surface area is 94.1 Å². The maximum Gasteiger partial charge on any atom is 0.330 e. The van der Waals surface area contributed by atoms with Gasteiger partial charge in [0, 0.05) is 14.2 Å². The quantitative estimate of drug-likeness (QED) is 0.420. The van der Waals surface area contributed by atoms with Crippen LogP contribution in [0.4, 0.5) is 0 Å². The molecule has 0 aliphatic carbocycles. The fraction of sp³-hybridized carbons (Fsp3) is 1.00. The first kappa shape index (κ1) is 15.2. The molecule has 0 amide bonds. The second-order valence-electron chi connectivity index (χ2n) is 3.82. The molecule has 0 saturated heterocycles. The lowest BCUT2D eigenvalue weighted by Gasteiger charge is -2.12. The Morgan fingerprint density at radius 3 is 1.80 bits per heavy atom. The van der Waals surface area contributed by atoms with Crippen molar-refractivity contribution in [2.24, 2.45) is 0 Å². The van der Waals surface area contributed by atoms with E-state index in [1.807, 2.05) is 0 Å². The minimum atomic E-state index is -2.74. The normalized spacial score (nSPS) is 11.9. The van der Waals surface area contributed by atoms with Crippen molar-refractivity contribution in [3.8, 4) is 0 Å². The first-order valence-electron chi connectivity index (χ1n) is 5.89. The molecule has 0 bridgehead atoms. The lowest BCUT2D eigenvalue weighted by Crippen LogP contribution is -1.94. The summed E-state index contributed by atoms with van der Waals surface area (Å²) in [5, 5.41) is 0. The van der Waals surface area contributed by atoms with Crippen molar-refractivity contribution < 1.29 is 13.6 Å². The van der Waals surface area contributed by atoms with E-state index in [1.165, 1.54) is 46.3 Å². The zero-order chi connectivity index (χ0) is 11.6. The van der Waals surface area contributed by atoms with Gasteiger partial charge in [0.25, 0.3) is 0 Å². The Morgan fingerprint density at radius 2 is 1.33 bits per heavy atom. The van der Waals surface area contributed by atoms with Gasteiger partial charge in [0.2, 0.25) is 0 Å². The molecule has 0 unspecified atom stereocenters. The van der Waals surface area contributed by atoms with Crippen LogP contribution in [0.1, 0.15) is 51.9 Å². The molecule has 0 radical (unpaired) electrons. The summed E-state index contributed by atoms with van der Waals surface area (Å²) >= 11 is 0. The zero-order valence-electron chi connectivity index (χ0n) is 10.3. The molecule has 3 nitrogen and oxygen atoms in total. The average Bonchev–Trinajstić information content (AvgIpc) is 2.27. The predicted octanol–water partition coefficient (Wildman–Crippen LogP) is 4.22. The molecule has 0 heterocycles. The average molecular weight is 236 g/mol. The Hall–Kier alpha value is 0.150. The van der Waals surface area contributed by atoms with Crippen LogP contribution < -0.4 is 0 Å². The molecule has 0 aromatic carbocycles. The zero-order valence-corrected chi connectivity index (χ0v) is 11.2. The topological polar surface area (TPSA) is 35.5 Å². The highest BCUT2D eigenvalue weighted by molar-refractivity contribution is 7.53. The maximum absolute atomic E-state index is 11.6. The van der Waals surface area contributed by atoms with E-state index in [0.717, 1.165) is 12.8 Å². The molecule has 0 aromatic heterocycles. The van der Waals surface area contributed by atoms with Gasteiger partial charge in [-0.15, -0.1) is 0 Å². The summed E-state index contributed by atoms with van der Waals surface area (Å²) < 4.78 is 21.4. The second-order valence-corrected chi connectivity index (χ2v) is 6.22. The van der Waals surface area contributed by atoms with Gasteiger partial charge in [0.1, 0.15) is 0 Å². The standard InChI is InChI=1S/C11H25O3P/c1-4-5-6-7-8-9-10-11-15(12,13-2)14-3/h4-11H2,1-3H3. The predicted molar refractivity (Wildman–Crippen MR) is 64.5 cm³/mol. The van der Waals surface area contributed by atoms with Crippen LogP contribution in [0.3, 0.4) is 0 Å². The van der Waals surface area contributed by atoms with Crippen molar-refractivity contribution in [2.45, 2.75) is 51.9 Å². The summed E-state index contributed by atoms with van der Waals surface area (Å²) in [6.45, 7) is 2.22. The van der Waals surface area contributed by atoms with Crippen LogP contribution in [0.5, 0.6) is 0 Å². The van der Waals surface area contributed by atoms with E-state index in [2.05, 4.69) is 6.92 Å². The number of hydrogen-bond acceptors (Lipinski definition) is 3. The van der Waals surface area contributed by atoms with Crippen molar-refractivity contribution in [2.75, 3.05) is 20.4 Å². The summed E-state index contributed by atoms with van der Waals surface area (Å²) in [6.07, 6.45) is 9.06. The van der Waals surface area contributed by atoms with Crippen LogP contribution in [0.25, 0.3) is 0 Å². The van der Waals surface area contributed by atoms with Gasteiger partial charge in [0.15, 0.2) is 0 Å². The van der Waals surface area contributed by atoms with Gasteiger partial charge in [0.05, 0.1) is 6.16 Å². The first-order valence-corrected chi connectivity index (χ1v) is 7.62. The van der Waals surface area contributed by atoms with Crippen LogP contribution in [0.15, 0.2) is 0 Å². The number of unbranched alkanes of at least 4 members (excludes halogenated alkanes) is 6. The Bertz CT molecular complexity index is 175. The summed E-state index contributed by atoms with van der Waals surface area (Å²) in [5.74, 6) is 0. The third-order valence-electron chi connectivity index (χ3n) is 2.59. The highest BCUT2D eigenvalue weighted by Crippen LogP contribution is 2.47. The van der Waals surface area contributed by atoms with Crippen molar-refractivity contribution in [1.82, 2.24) is 0 Å². The molecule has 0 saturated carbocycles. The van der Waals surface area contributed by atoms with Gasteiger partial charge >= 0.3 is 7.60 Å². The highest BCUT2D eigenvalue weighted by Gasteiger charge is 2.19. The van der Waals surface area contributed by atoms with Gasteiger partial charge in [-0.1, -0.05) is 45.4 Å². The van der Waals surface area contributed by atoms with E-state index in [0.29, 0.717) is 6.16 Å². The van der Waals surface area contributed by atoms with Crippen molar-refractivity contribution in [3.05, 3.63) is 0 Å².